The molecule has 1 aromatic heterocycles. The van der Waals surface area contributed by atoms with Crippen molar-refractivity contribution in [1.29, 1.82) is 0 Å². The van der Waals surface area contributed by atoms with Crippen molar-refractivity contribution in [2.75, 3.05) is 26.2 Å². The number of rotatable bonds is 2. The molecule has 2 aliphatic heterocycles. The maximum absolute atomic E-state index is 12.7. The van der Waals surface area contributed by atoms with Crippen LogP contribution in [0.5, 0.6) is 0 Å². The number of carbonyl (C=O) groups excluding carboxylic acids is 2. The highest BCUT2D eigenvalue weighted by Crippen LogP contribution is 2.48. The van der Waals surface area contributed by atoms with E-state index in [2.05, 4.69) is 9.97 Å². The average Bonchev–Trinajstić information content (AvgIpc) is 2.89. The second-order valence-corrected chi connectivity index (χ2v) is 7.75. The Morgan fingerprint density at radius 3 is 2.52 bits per heavy atom. The smallest absolute Gasteiger partial charge is 0.257 e. The van der Waals surface area contributed by atoms with E-state index in [4.69, 9.17) is 0 Å². The van der Waals surface area contributed by atoms with E-state index in [9.17, 15) is 14.7 Å². The zero-order valence-corrected chi connectivity index (χ0v) is 15.2. The van der Waals surface area contributed by atoms with Crippen LogP contribution in [0.15, 0.2) is 12.5 Å². The molecule has 0 saturated carbocycles. The minimum Gasteiger partial charge on any atom is -0.394 e. The van der Waals surface area contributed by atoms with E-state index in [-0.39, 0.29) is 23.8 Å². The van der Waals surface area contributed by atoms with Crippen molar-refractivity contribution in [2.45, 2.75) is 45.6 Å². The lowest BCUT2D eigenvalue weighted by Crippen LogP contribution is -2.46. The summed E-state index contributed by atoms with van der Waals surface area (Å²) in [5.74, 6) is -0.0247. The SMILES string of the molecule is CC(=O)N1CC2(CCN(C(=O)c3cncnc3C)CC2)C[C@]1(C)CO. The fraction of sp³-hybridized carbons (Fsp3) is 0.667. The molecule has 0 aliphatic carbocycles. The number of nitrogens with zero attached hydrogens (tertiary/aromatic N) is 4. The lowest BCUT2D eigenvalue weighted by Gasteiger charge is -2.39. The van der Waals surface area contributed by atoms with Crippen LogP contribution < -0.4 is 0 Å². The van der Waals surface area contributed by atoms with E-state index in [1.807, 2.05) is 18.7 Å². The summed E-state index contributed by atoms with van der Waals surface area (Å²) in [7, 11) is 0. The number of carbonyl (C=O) groups is 2. The van der Waals surface area contributed by atoms with Gasteiger partial charge in [-0.3, -0.25) is 9.59 Å². The van der Waals surface area contributed by atoms with Crippen LogP contribution >= 0.6 is 0 Å². The standard InChI is InChI=1S/C18H26N4O3/c1-13-15(8-19-12-20-13)16(25)21-6-4-18(5-7-21)9-17(3,11-23)22(10-18)14(2)24/h8,12,23H,4-7,9-11H2,1-3H3/t17-/m1/s1. The normalized spacial score (nSPS) is 25.4. The number of hydrogen-bond donors (Lipinski definition) is 1. The van der Waals surface area contributed by atoms with Gasteiger partial charge >= 0.3 is 0 Å². The molecule has 7 nitrogen and oxygen atoms in total. The number of likely N-dealkylation sites (tertiary alicyclic amines) is 2. The minimum atomic E-state index is -0.498. The Labute approximate surface area is 148 Å². The molecule has 136 valence electrons. The molecule has 0 aromatic carbocycles. The van der Waals surface area contributed by atoms with E-state index >= 15 is 0 Å². The molecule has 0 unspecified atom stereocenters. The van der Waals surface area contributed by atoms with Gasteiger partial charge in [-0.1, -0.05) is 0 Å². The van der Waals surface area contributed by atoms with Crippen LogP contribution in [0, 0.1) is 12.3 Å². The van der Waals surface area contributed by atoms with Crippen LogP contribution in [0.25, 0.3) is 0 Å². The number of aryl methyl sites for hydroxylation is 1. The first-order valence-electron chi connectivity index (χ1n) is 8.75. The van der Waals surface area contributed by atoms with Gasteiger partial charge in [-0.25, -0.2) is 9.97 Å². The Hall–Kier alpha value is -2.02. The van der Waals surface area contributed by atoms with E-state index in [0.717, 1.165) is 19.3 Å². The highest BCUT2D eigenvalue weighted by molar-refractivity contribution is 5.94. The number of aromatic nitrogens is 2. The summed E-state index contributed by atoms with van der Waals surface area (Å²) in [6, 6.07) is 0. The van der Waals surface area contributed by atoms with Crippen molar-refractivity contribution in [1.82, 2.24) is 19.8 Å². The molecule has 1 aromatic rings. The Morgan fingerprint density at radius 2 is 2.00 bits per heavy atom. The third kappa shape index (κ3) is 3.13. The van der Waals surface area contributed by atoms with E-state index in [1.165, 1.54) is 6.33 Å². The van der Waals surface area contributed by atoms with Gasteiger partial charge in [-0.2, -0.15) is 0 Å². The molecular weight excluding hydrogens is 320 g/mol. The number of aliphatic hydroxyl groups is 1. The number of hydrogen-bond acceptors (Lipinski definition) is 5. The molecule has 1 spiro atoms. The van der Waals surface area contributed by atoms with Crippen LogP contribution in [0.2, 0.25) is 0 Å². The molecule has 0 bridgehead atoms. The Bertz CT molecular complexity index is 685. The van der Waals surface area contributed by atoms with Crippen LogP contribution in [0.3, 0.4) is 0 Å². The first-order chi connectivity index (χ1) is 11.8. The second-order valence-electron chi connectivity index (χ2n) is 7.75. The van der Waals surface area contributed by atoms with Gasteiger partial charge in [0.15, 0.2) is 0 Å². The largest absolute Gasteiger partial charge is 0.394 e. The summed E-state index contributed by atoms with van der Waals surface area (Å²) in [6.45, 7) is 7.26. The van der Waals surface area contributed by atoms with E-state index in [0.29, 0.717) is 30.9 Å². The number of piperidine rings is 1. The topological polar surface area (TPSA) is 86.6 Å². The third-order valence-corrected chi connectivity index (χ3v) is 5.87. The predicted molar refractivity (Wildman–Crippen MR) is 91.8 cm³/mol. The van der Waals surface area contributed by atoms with Gasteiger partial charge in [0.05, 0.1) is 23.4 Å². The number of aliphatic hydroxyl groups excluding tert-OH is 1. The summed E-state index contributed by atoms with van der Waals surface area (Å²) in [5, 5.41) is 9.81. The monoisotopic (exact) mass is 346 g/mol. The zero-order valence-electron chi connectivity index (χ0n) is 15.2. The third-order valence-electron chi connectivity index (χ3n) is 5.87. The van der Waals surface area contributed by atoms with Gasteiger partial charge < -0.3 is 14.9 Å². The maximum atomic E-state index is 12.7. The molecule has 0 radical (unpaired) electrons. The molecule has 1 N–H and O–H groups in total. The highest BCUT2D eigenvalue weighted by Gasteiger charge is 2.52. The predicted octanol–water partition coefficient (Wildman–Crippen LogP) is 1.01. The van der Waals surface area contributed by atoms with Crippen molar-refractivity contribution >= 4 is 11.8 Å². The molecule has 3 heterocycles. The van der Waals surface area contributed by atoms with Crippen LogP contribution in [0.1, 0.15) is 49.2 Å². The highest BCUT2D eigenvalue weighted by atomic mass is 16.3. The van der Waals surface area contributed by atoms with Crippen LogP contribution in [-0.4, -0.2) is 68.5 Å². The average molecular weight is 346 g/mol. The molecule has 2 saturated heterocycles. The minimum absolute atomic E-state index is 0.00369. The molecule has 1 atom stereocenters. The lowest BCUT2D eigenvalue weighted by atomic mass is 9.74. The first-order valence-corrected chi connectivity index (χ1v) is 8.75. The van der Waals surface area contributed by atoms with Gasteiger partial charge in [0.25, 0.3) is 5.91 Å². The van der Waals surface area contributed by atoms with Crippen molar-refractivity contribution in [2.24, 2.45) is 5.41 Å². The van der Waals surface area contributed by atoms with E-state index in [1.54, 1.807) is 18.0 Å². The zero-order chi connectivity index (χ0) is 18.2. The van der Waals surface area contributed by atoms with Gasteiger partial charge in [-0.05, 0) is 38.5 Å². The molecular formula is C18H26N4O3. The first kappa shape index (κ1) is 17.8. The van der Waals surface area contributed by atoms with Crippen molar-refractivity contribution in [3.63, 3.8) is 0 Å². The second kappa shape index (κ2) is 6.37. The molecule has 2 amide bonds. The van der Waals surface area contributed by atoms with E-state index < -0.39 is 5.54 Å². The van der Waals surface area contributed by atoms with Gasteiger partial charge in [-0.15, -0.1) is 0 Å². The van der Waals surface area contributed by atoms with Crippen molar-refractivity contribution in [3.05, 3.63) is 23.8 Å². The van der Waals surface area contributed by atoms with Gasteiger partial charge in [0, 0.05) is 32.8 Å². The Balaban J connectivity index is 1.71. The molecule has 25 heavy (non-hydrogen) atoms. The van der Waals surface area contributed by atoms with Crippen molar-refractivity contribution in [3.8, 4) is 0 Å². The fourth-order valence-electron chi connectivity index (χ4n) is 4.41. The Morgan fingerprint density at radius 1 is 1.32 bits per heavy atom. The molecule has 7 heteroatoms. The van der Waals surface area contributed by atoms with Gasteiger partial charge in [0.2, 0.25) is 5.91 Å². The summed E-state index contributed by atoms with van der Waals surface area (Å²) in [4.78, 5) is 36.4. The maximum Gasteiger partial charge on any atom is 0.257 e. The van der Waals surface area contributed by atoms with Crippen LogP contribution in [-0.2, 0) is 4.79 Å². The quantitative estimate of drug-likeness (QED) is 0.864. The summed E-state index contributed by atoms with van der Waals surface area (Å²) < 4.78 is 0. The Kier molecular flexibility index (Phi) is 4.53. The molecule has 2 fully saturated rings. The summed E-state index contributed by atoms with van der Waals surface area (Å²) >= 11 is 0. The number of amides is 2. The molecule has 2 aliphatic rings. The summed E-state index contributed by atoms with van der Waals surface area (Å²) in [6.07, 6.45) is 5.48. The lowest BCUT2D eigenvalue weighted by molar-refractivity contribution is -0.134. The molecule has 3 rings (SSSR count). The fourth-order valence-corrected chi connectivity index (χ4v) is 4.41. The summed E-state index contributed by atoms with van der Waals surface area (Å²) in [5.41, 5.74) is 0.733. The van der Waals surface area contributed by atoms with Crippen LogP contribution in [0.4, 0.5) is 0 Å². The van der Waals surface area contributed by atoms with Crippen molar-refractivity contribution < 1.29 is 14.7 Å². The van der Waals surface area contributed by atoms with Gasteiger partial charge in [0.1, 0.15) is 6.33 Å².